The smallest absolute Gasteiger partial charge is 0.191 e. The standard InChI is InChI=1S/C25H35N5O2/c1-5-26-25(27-12-11-22-18-30-13-7-8-20(4)24(30)29-22)28-17-21-10-9-19(3)16-23(21)32-15-14-31-6-2/h7-10,13,16,18H,5-6,11-12,14-15,17H2,1-4H3,(H2,26,27,28). The molecule has 2 aromatic heterocycles. The van der Waals surface area contributed by atoms with Crippen molar-refractivity contribution in [2.24, 2.45) is 4.99 Å². The van der Waals surface area contributed by atoms with Gasteiger partial charge in [-0.2, -0.15) is 0 Å². The van der Waals surface area contributed by atoms with Crippen LogP contribution in [0.25, 0.3) is 5.65 Å². The Morgan fingerprint density at radius 2 is 2.00 bits per heavy atom. The number of nitrogens with zero attached hydrogens (tertiary/aromatic N) is 3. The van der Waals surface area contributed by atoms with E-state index >= 15 is 0 Å². The second-order valence-electron chi connectivity index (χ2n) is 7.68. The molecule has 3 aromatic rings. The molecule has 0 spiro atoms. The summed E-state index contributed by atoms with van der Waals surface area (Å²) in [5.74, 6) is 1.65. The van der Waals surface area contributed by atoms with Crippen molar-refractivity contribution in [1.29, 1.82) is 0 Å². The van der Waals surface area contributed by atoms with Gasteiger partial charge in [0.2, 0.25) is 0 Å². The fourth-order valence-corrected chi connectivity index (χ4v) is 3.42. The summed E-state index contributed by atoms with van der Waals surface area (Å²) in [5.41, 5.74) is 5.47. The normalized spacial score (nSPS) is 11.7. The Balaban J connectivity index is 1.60. The zero-order valence-electron chi connectivity index (χ0n) is 19.6. The molecule has 1 aromatic carbocycles. The van der Waals surface area contributed by atoms with E-state index in [4.69, 9.17) is 19.5 Å². The molecule has 0 aliphatic rings. The largest absolute Gasteiger partial charge is 0.491 e. The molecule has 0 bridgehead atoms. The van der Waals surface area contributed by atoms with Gasteiger partial charge in [0, 0.05) is 44.1 Å². The number of aryl methyl sites for hydroxylation is 2. The van der Waals surface area contributed by atoms with E-state index in [1.807, 2.05) is 19.2 Å². The van der Waals surface area contributed by atoms with Gasteiger partial charge in [0.15, 0.2) is 5.96 Å². The molecule has 0 unspecified atom stereocenters. The van der Waals surface area contributed by atoms with Crippen LogP contribution in [0.15, 0.2) is 47.7 Å². The van der Waals surface area contributed by atoms with Crippen LogP contribution < -0.4 is 15.4 Å². The number of imidazole rings is 1. The van der Waals surface area contributed by atoms with Crippen molar-refractivity contribution in [1.82, 2.24) is 20.0 Å². The summed E-state index contributed by atoms with van der Waals surface area (Å²) in [6, 6.07) is 10.4. The van der Waals surface area contributed by atoms with Crippen molar-refractivity contribution < 1.29 is 9.47 Å². The molecule has 0 aliphatic carbocycles. The van der Waals surface area contributed by atoms with Gasteiger partial charge in [0.05, 0.1) is 18.8 Å². The number of pyridine rings is 1. The van der Waals surface area contributed by atoms with Gasteiger partial charge in [0.1, 0.15) is 18.0 Å². The van der Waals surface area contributed by atoms with Crippen LogP contribution in [-0.4, -0.2) is 48.3 Å². The van der Waals surface area contributed by atoms with Crippen LogP contribution in [0, 0.1) is 13.8 Å². The minimum Gasteiger partial charge on any atom is -0.491 e. The van der Waals surface area contributed by atoms with Crippen molar-refractivity contribution in [3.63, 3.8) is 0 Å². The summed E-state index contributed by atoms with van der Waals surface area (Å²) in [4.78, 5) is 9.51. The van der Waals surface area contributed by atoms with Crippen LogP contribution in [0.2, 0.25) is 0 Å². The van der Waals surface area contributed by atoms with Gasteiger partial charge < -0.3 is 24.5 Å². The Morgan fingerprint density at radius 3 is 2.78 bits per heavy atom. The van der Waals surface area contributed by atoms with Crippen molar-refractivity contribution in [2.45, 2.75) is 40.7 Å². The van der Waals surface area contributed by atoms with E-state index in [1.54, 1.807) is 0 Å². The van der Waals surface area contributed by atoms with Gasteiger partial charge in [-0.15, -0.1) is 0 Å². The molecule has 2 heterocycles. The topological polar surface area (TPSA) is 72.2 Å². The molecule has 0 atom stereocenters. The number of guanidine groups is 1. The molecule has 7 heteroatoms. The first-order chi connectivity index (χ1) is 15.6. The van der Waals surface area contributed by atoms with Crippen LogP contribution in [0.1, 0.15) is 36.2 Å². The highest BCUT2D eigenvalue weighted by Crippen LogP contribution is 2.21. The highest BCUT2D eigenvalue weighted by molar-refractivity contribution is 5.79. The SMILES string of the molecule is CCNC(=NCc1ccc(C)cc1OCCOCC)NCCc1cn2cccc(C)c2n1. The number of rotatable bonds is 11. The zero-order valence-corrected chi connectivity index (χ0v) is 19.6. The fourth-order valence-electron chi connectivity index (χ4n) is 3.42. The van der Waals surface area contributed by atoms with Crippen LogP contribution in [0.3, 0.4) is 0 Å². The molecule has 0 saturated carbocycles. The van der Waals surface area contributed by atoms with Crippen molar-refractivity contribution in [2.75, 3.05) is 32.9 Å². The Kier molecular flexibility index (Phi) is 8.92. The first-order valence-electron chi connectivity index (χ1n) is 11.4. The Labute approximate surface area is 190 Å². The number of aliphatic imine (C=N–C) groups is 1. The second-order valence-corrected chi connectivity index (χ2v) is 7.68. The lowest BCUT2D eigenvalue weighted by atomic mass is 10.1. The van der Waals surface area contributed by atoms with Gasteiger partial charge in [-0.3, -0.25) is 0 Å². The average molecular weight is 438 g/mol. The summed E-state index contributed by atoms with van der Waals surface area (Å²) < 4.78 is 13.4. The molecule has 0 saturated heterocycles. The van der Waals surface area contributed by atoms with E-state index < -0.39 is 0 Å². The Hall–Kier alpha value is -3.06. The molecule has 7 nitrogen and oxygen atoms in total. The van der Waals surface area contributed by atoms with Crippen molar-refractivity contribution in [3.05, 3.63) is 65.1 Å². The van der Waals surface area contributed by atoms with E-state index in [0.29, 0.717) is 26.4 Å². The Bertz CT molecular complexity index is 1030. The number of ether oxygens (including phenoxy) is 2. The van der Waals surface area contributed by atoms with Gasteiger partial charge in [-0.1, -0.05) is 18.2 Å². The number of hydrogen-bond donors (Lipinski definition) is 2. The van der Waals surface area contributed by atoms with E-state index in [2.05, 4.69) is 66.3 Å². The van der Waals surface area contributed by atoms with E-state index in [9.17, 15) is 0 Å². The zero-order chi connectivity index (χ0) is 22.8. The summed E-state index contributed by atoms with van der Waals surface area (Å²) >= 11 is 0. The quantitative estimate of drug-likeness (QED) is 0.272. The third-order valence-electron chi connectivity index (χ3n) is 5.07. The lowest BCUT2D eigenvalue weighted by molar-refractivity contribution is 0.110. The van der Waals surface area contributed by atoms with Crippen LogP contribution in [-0.2, 0) is 17.7 Å². The number of benzene rings is 1. The van der Waals surface area contributed by atoms with Crippen molar-refractivity contribution in [3.8, 4) is 5.75 Å². The molecule has 0 amide bonds. The summed E-state index contributed by atoms with van der Waals surface area (Å²) in [6.07, 6.45) is 4.95. The summed E-state index contributed by atoms with van der Waals surface area (Å²) in [7, 11) is 0. The molecule has 3 rings (SSSR count). The third-order valence-corrected chi connectivity index (χ3v) is 5.07. The van der Waals surface area contributed by atoms with Gasteiger partial charge in [0.25, 0.3) is 0 Å². The molecule has 172 valence electrons. The first kappa shape index (κ1) is 23.6. The summed E-state index contributed by atoms with van der Waals surface area (Å²) in [5, 5.41) is 6.74. The third kappa shape index (κ3) is 6.72. The maximum atomic E-state index is 5.94. The number of hydrogen-bond acceptors (Lipinski definition) is 4. The highest BCUT2D eigenvalue weighted by atomic mass is 16.5. The van der Waals surface area contributed by atoms with Crippen LogP contribution >= 0.6 is 0 Å². The summed E-state index contributed by atoms with van der Waals surface area (Å²) in [6.45, 7) is 12.1. The number of fused-ring (bicyclic) bond motifs is 1. The molecule has 0 aliphatic heterocycles. The first-order valence-corrected chi connectivity index (χ1v) is 11.4. The fraction of sp³-hybridized carbons (Fsp3) is 0.440. The monoisotopic (exact) mass is 437 g/mol. The lowest BCUT2D eigenvalue weighted by Gasteiger charge is -2.13. The minimum atomic E-state index is 0.533. The molecule has 0 fully saturated rings. The number of nitrogens with one attached hydrogen (secondary N) is 2. The maximum absolute atomic E-state index is 5.94. The predicted octanol–water partition coefficient (Wildman–Crippen LogP) is 3.66. The van der Waals surface area contributed by atoms with E-state index in [-0.39, 0.29) is 0 Å². The van der Waals surface area contributed by atoms with E-state index in [0.717, 1.165) is 53.7 Å². The van der Waals surface area contributed by atoms with Gasteiger partial charge in [-0.25, -0.2) is 9.98 Å². The molecular weight excluding hydrogens is 402 g/mol. The van der Waals surface area contributed by atoms with Gasteiger partial charge >= 0.3 is 0 Å². The Morgan fingerprint density at radius 1 is 1.12 bits per heavy atom. The lowest BCUT2D eigenvalue weighted by Crippen LogP contribution is -2.38. The van der Waals surface area contributed by atoms with E-state index in [1.165, 1.54) is 5.56 Å². The molecule has 0 radical (unpaired) electrons. The predicted molar refractivity (Wildman–Crippen MR) is 130 cm³/mol. The van der Waals surface area contributed by atoms with Crippen molar-refractivity contribution >= 4 is 11.6 Å². The average Bonchev–Trinajstić information content (AvgIpc) is 3.20. The minimum absolute atomic E-state index is 0.533. The molecule has 2 N–H and O–H groups in total. The maximum Gasteiger partial charge on any atom is 0.191 e. The van der Waals surface area contributed by atoms with Gasteiger partial charge in [-0.05, 0) is 51.0 Å². The number of aromatic nitrogens is 2. The van der Waals surface area contributed by atoms with Crippen LogP contribution in [0.4, 0.5) is 0 Å². The molecule has 32 heavy (non-hydrogen) atoms. The molecular formula is C25H35N5O2. The second kappa shape index (κ2) is 12.1. The van der Waals surface area contributed by atoms with Crippen LogP contribution in [0.5, 0.6) is 5.75 Å². The highest BCUT2D eigenvalue weighted by Gasteiger charge is 2.07.